The predicted molar refractivity (Wildman–Crippen MR) is 109 cm³/mol. The van der Waals surface area contributed by atoms with Crippen molar-refractivity contribution in [2.24, 2.45) is 0 Å². The minimum atomic E-state index is -0.341. The number of hydrogen-bond donors (Lipinski definition) is 2. The van der Waals surface area contributed by atoms with Crippen molar-refractivity contribution < 1.29 is 14.0 Å². The first kappa shape index (κ1) is 18.6. The summed E-state index contributed by atoms with van der Waals surface area (Å²) in [4.78, 5) is 27.9. The largest absolute Gasteiger partial charge is 0.458 e. The van der Waals surface area contributed by atoms with Gasteiger partial charge in [0.1, 0.15) is 11.5 Å². The van der Waals surface area contributed by atoms with Crippen molar-refractivity contribution in [1.29, 1.82) is 0 Å². The van der Waals surface area contributed by atoms with E-state index in [2.05, 4.69) is 20.7 Å². The average molecular weight is 407 g/mol. The molecule has 0 aliphatic rings. The molecular weight excluding hydrogens is 390 g/mol. The number of furan rings is 1. The first-order chi connectivity index (χ1) is 14.1. The second-order valence-corrected chi connectivity index (χ2v) is 7.01. The van der Waals surface area contributed by atoms with Crippen LogP contribution in [0.1, 0.15) is 23.2 Å². The van der Waals surface area contributed by atoms with Crippen LogP contribution in [-0.2, 0) is 11.3 Å². The molecule has 0 unspecified atom stereocenters. The van der Waals surface area contributed by atoms with Gasteiger partial charge in [-0.2, -0.15) is 5.10 Å². The van der Waals surface area contributed by atoms with Crippen molar-refractivity contribution >= 4 is 28.3 Å². The number of nitrogens with zero attached hydrogens (tertiary/aromatic N) is 3. The molecular formula is C20H17N5O3S. The molecule has 0 saturated heterocycles. The third kappa shape index (κ3) is 4.41. The van der Waals surface area contributed by atoms with Crippen LogP contribution in [-0.4, -0.2) is 26.6 Å². The number of para-hydroxylation sites is 1. The van der Waals surface area contributed by atoms with Crippen LogP contribution in [0.3, 0.4) is 0 Å². The average Bonchev–Trinajstić information content (AvgIpc) is 3.47. The predicted octanol–water partition coefficient (Wildman–Crippen LogP) is 3.48. The van der Waals surface area contributed by atoms with Crippen molar-refractivity contribution in [3.05, 3.63) is 71.6 Å². The molecule has 8 nitrogen and oxygen atoms in total. The Hall–Kier alpha value is -3.72. The van der Waals surface area contributed by atoms with Gasteiger partial charge in [-0.1, -0.05) is 18.2 Å². The molecule has 4 aromatic rings. The van der Waals surface area contributed by atoms with Crippen LogP contribution in [0.5, 0.6) is 0 Å². The Labute approximate surface area is 170 Å². The normalized spacial score (nSPS) is 10.7. The van der Waals surface area contributed by atoms with Crippen molar-refractivity contribution in [3.8, 4) is 17.1 Å². The Morgan fingerprint density at radius 1 is 1.14 bits per heavy atom. The second kappa shape index (κ2) is 8.11. The number of aromatic nitrogens is 3. The molecule has 0 aliphatic heterocycles. The molecule has 0 radical (unpaired) electrons. The smallest absolute Gasteiger partial charge is 0.277 e. The first-order valence-corrected chi connectivity index (χ1v) is 9.68. The molecule has 3 heterocycles. The number of carbonyl (C=O) groups is 2. The fourth-order valence-electron chi connectivity index (χ4n) is 2.60. The number of anilines is 1. The molecule has 146 valence electrons. The minimum Gasteiger partial charge on any atom is -0.458 e. The Bertz CT molecular complexity index is 1150. The quantitative estimate of drug-likeness (QED) is 0.509. The molecule has 2 amide bonds. The Kier molecular flexibility index (Phi) is 5.21. The monoisotopic (exact) mass is 407 g/mol. The summed E-state index contributed by atoms with van der Waals surface area (Å²) in [7, 11) is 0. The van der Waals surface area contributed by atoms with E-state index < -0.39 is 0 Å². The zero-order valence-electron chi connectivity index (χ0n) is 15.5. The van der Waals surface area contributed by atoms with Gasteiger partial charge in [0.25, 0.3) is 5.91 Å². The summed E-state index contributed by atoms with van der Waals surface area (Å²) in [6, 6.07) is 14.8. The summed E-state index contributed by atoms with van der Waals surface area (Å²) >= 11 is 1.29. The second-order valence-electron chi connectivity index (χ2n) is 6.15. The molecule has 0 bridgehead atoms. The molecule has 9 heteroatoms. The summed E-state index contributed by atoms with van der Waals surface area (Å²) in [6.45, 7) is 1.76. The highest BCUT2D eigenvalue weighted by molar-refractivity contribution is 7.14. The lowest BCUT2D eigenvalue weighted by Gasteiger charge is -2.00. The minimum absolute atomic E-state index is 0.128. The van der Waals surface area contributed by atoms with Gasteiger partial charge in [0, 0.05) is 18.5 Å². The van der Waals surface area contributed by atoms with Gasteiger partial charge in [-0.05, 0) is 30.3 Å². The molecule has 29 heavy (non-hydrogen) atoms. The van der Waals surface area contributed by atoms with E-state index in [0.29, 0.717) is 34.6 Å². The number of hydrogen-bond acceptors (Lipinski definition) is 6. The van der Waals surface area contributed by atoms with Gasteiger partial charge in [0.2, 0.25) is 5.91 Å². The van der Waals surface area contributed by atoms with Gasteiger partial charge in [-0.15, -0.1) is 11.3 Å². The molecule has 2 N–H and O–H groups in total. The number of thiazole rings is 1. The van der Waals surface area contributed by atoms with Crippen molar-refractivity contribution in [2.45, 2.75) is 13.5 Å². The van der Waals surface area contributed by atoms with Gasteiger partial charge in [-0.3, -0.25) is 14.9 Å². The molecule has 0 atom stereocenters. The summed E-state index contributed by atoms with van der Waals surface area (Å²) in [5.41, 5.74) is 1.77. The first-order valence-electron chi connectivity index (χ1n) is 8.80. The van der Waals surface area contributed by atoms with Crippen LogP contribution in [0, 0.1) is 0 Å². The van der Waals surface area contributed by atoms with Gasteiger partial charge in [-0.25, -0.2) is 9.67 Å². The van der Waals surface area contributed by atoms with E-state index in [-0.39, 0.29) is 11.8 Å². The number of carbonyl (C=O) groups excluding carboxylic acids is 2. The highest BCUT2D eigenvalue weighted by Gasteiger charge is 2.14. The van der Waals surface area contributed by atoms with Crippen LogP contribution < -0.4 is 10.6 Å². The zero-order valence-corrected chi connectivity index (χ0v) is 16.3. The topological polar surface area (TPSA) is 102 Å². The molecule has 0 saturated carbocycles. The van der Waals surface area contributed by atoms with Gasteiger partial charge in [0.15, 0.2) is 16.6 Å². The van der Waals surface area contributed by atoms with Crippen molar-refractivity contribution in [2.75, 3.05) is 5.32 Å². The van der Waals surface area contributed by atoms with Crippen LogP contribution in [0.4, 0.5) is 5.13 Å². The van der Waals surface area contributed by atoms with Crippen LogP contribution >= 0.6 is 11.3 Å². The van der Waals surface area contributed by atoms with Gasteiger partial charge < -0.3 is 9.73 Å². The fraction of sp³-hybridized carbons (Fsp3) is 0.100. The van der Waals surface area contributed by atoms with E-state index in [9.17, 15) is 9.59 Å². The zero-order chi connectivity index (χ0) is 20.2. The van der Waals surface area contributed by atoms with Gasteiger partial charge in [0.05, 0.1) is 12.2 Å². The summed E-state index contributed by atoms with van der Waals surface area (Å²) < 4.78 is 7.32. The van der Waals surface area contributed by atoms with Crippen molar-refractivity contribution in [3.63, 3.8) is 0 Å². The summed E-state index contributed by atoms with van der Waals surface area (Å²) in [5, 5.41) is 12.0. The van der Waals surface area contributed by atoms with Gasteiger partial charge >= 0.3 is 0 Å². The van der Waals surface area contributed by atoms with E-state index in [0.717, 1.165) is 5.69 Å². The maximum absolute atomic E-state index is 12.5. The molecule has 3 aromatic heterocycles. The van der Waals surface area contributed by atoms with E-state index in [1.54, 1.807) is 34.5 Å². The highest BCUT2D eigenvalue weighted by Crippen LogP contribution is 2.27. The summed E-state index contributed by atoms with van der Waals surface area (Å²) in [6.07, 6.45) is 1.73. The van der Waals surface area contributed by atoms with E-state index in [4.69, 9.17) is 4.42 Å². The maximum atomic E-state index is 12.5. The highest BCUT2D eigenvalue weighted by atomic mass is 32.1. The standard InChI is InChI=1S/C20H17N5O3S/c1-13(26)21-11-15-7-8-18(28-15)17-12-29-20(22-17)23-19(27)16-9-10-25(24-16)14-5-3-2-4-6-14/h2-10,12H,11H2,1H3,(H,21,26)(H,22,23,27). The Morgan fingerprint density at radius 3 is 2.76 bits per heavy atom. The van der Waals surface area contributed by atoms with Crippen molar-refractivity contribution in [1.82, 2.24) is 20.1 Å². The fourth-order valence-corrected chi connectivity index (χ4v) is 3.29. The van der Waals surface area contributed by atoms with Crippen LogP contribution in [0.25, 0.3) is 17.1 Å². The molecule has 4 rings (SSSR count). The van der Waals surface area contributed by atoms with Crippen LogP contribution in [0.15, 0.2) is 64.5 Å². The number of benzene rings is 1. The molecule has 0 spiro atoms. The summed E-state index contributed by atoms with van der Waals surface area (Å²) in [5.74, 6) is 0.721. The third-order valence-electron chi connectivity index (χ3n) is 3.99. The Morgan fingerprint density at radius 2 is 1.97 bits per heavy atom. The third-order valence-corrected chi connectivity index (χ3v) is 4.75. The molecule has 0 aliphatic carbocycles. The maximum Gasteiger partial charge on any atom is 0.277 e. The van der Waals surface area contributed by atoms with E-state index in [1.165, 1.54) is 18.3 Å². The Balaban J connectivity index is 1.42. The lowest BCUT2D eigenvalue weighted by atomic mass is 10.3. The molecule has 1 aromatic carbocycles. The van der Waals surface area contributed by atoms with E-state index in [1.807, 2.05) is 30.3 Å². The number of rotatable bonds is 6. The number of amides is 2. The SMILES string of the molecule is CC(=O)NCc1ccc(-c2csc(NC(=O)c3ccn(-c4ccccc4)n3)n2)o1. The van der Waals surface area contributed by atoms with E-state index >= 15 is 0 Å². The number of nitrogens with one attached hydrogen (secondary N) is 2. The van der Waals surface area contributed by atoms with Crippen LogP contribution in [0.2, 0.25) is 0 Å². The lowest BCUT2D eigenvalue weighted by molar-refractivity contribution is -0.119. The molecule has 0 fully saturated rings. The lowest BCUT2D eigenvalue weighted by Crippen LogP contribution is -2.18.